The van der Waals surface area contributed by atoms with Crippen molar-refractivity contribution in [1.82, 2.24) is 9.80 Å². The first kappa shape index (κ1) is 23.1. The predicted molar refractivity (Wildman–Crippen MR) is 127 cm³/mol. The highest BCUT2D eigenvalue weighted by Crippen LogP contribution is 2.30. The molecule has 2 aromatic carbocycles. The molecule has 6 heteroatoms. The van der Waals surface area contributed by atoms with Crippen molar-refractivity contribution in [2.45, 2.75) is 31.7 Å². The summed E-state index contributed by atoms with van der Waals surface area (Å²) in [6.07, 6.45) is 4.65. The first-order valence-electron chi connectivity index (χ1n) is 12.0. The molecule has 0 N–H and O–H groups in total. The fraction of sp³-hybridized carbons (Fsp3) is 0.481. The number of nitriles is 2. The quantitative estimate of drug-likeness (QED) is 0.515. The van der Waals surface area contributed by atoms with Crippen LogP contribution in [-0.4, -0.2) is 61.8 Å². The van der Waals surface area contributed by atoms with Gasteiger partial charge in [-0.2, -0.15) is 10.5 Å². The lowest BCUT2D eigenvalue weighted by Gasteiger charge is -2.37. The number of rotatable bonds is 10. The van der Waals surface area contributed by atoms with Gasteiger partial charge < -0.3 is 14.4 Å². The van der Waals surface area contributed by atoms with Gasteiger partial charge in [0, 0.05) is 32.2 Å². The normalized spacial score (nSPS) is 20.5. The van der Waals surface area contributed by atoms with E-state index in [1.54, 1.807) is 24.3 Å². The third-order valence-electron chi connectivity index (χ3n) is 6.68. The minimum Gasteiger partial charge on any atom is -0.494 e. The van der Waals surface area contributed by atoms with Gasteiger partial charge in [-0.1, -0.05) is 0 Å². The van der Waals surface area contributed by atoms with Crippen LogP contribution in [0.1, 0.15) is 36.8 Å². The number of piperidine rings is 1. The van der Waals surface area contributed by atoms with Crippen molar-refractivity contribution in [2.24, 2.45) is 5.92 Å². The number of nitrogens with zero attached hydrogens (tertiary/aromatic N) is 4. The summed E-state index contributed by atoms with van der Waals surface area (Å²) in [5.41, 5.74) is 1.32. The van der Waals surface area contributed by atoms with Crippen molar-refractivity contribution >= 4 is 0 Å². The standard InChI is InChI=1S/C27H32N4O2/c28-18-22-5-9-25(10-6-22)32-16-2-13-30-20-24-4-1-14-31(27(24)21-30)15-3-17-33-26-11-7-23(19-29)8-12-26/h5-12,24,27H,1-4,13-17,20-21H2. The van der Waals surface area contributed by atoms with Gasteiger partial charge in [0.1, 0.15) is 11.5 Å². The summed E-state index contributed by atoms with van der Waals surface area (Å²) < 4.78 is 11.7. The molecular weight excluding hydrogens is 412 g/mol. The van der Waals surface area contributed by atoms with E-state index < -0.39 is 0 Å². The molecule has 0 spiro atoms. The van der Waals surface area contributed by atoms with Crippen LogP contribution in [0.3, 0.4) is 0 Å². The highest BCUT2D eigenvalue weighted by atomic mass is 16.5. The van der Waals surface area contributed by atoms with Crippen molar-refractivity contribution < 1.29 is 9.47 Å². The van der Waals surface area contributed by atoms with Gasteiger partial charge in [0.15, 0.2) is 0 Å². The van der Waals surface area contributed by atoms with E-state index >= 15 is 0 Å². The van der Waals surface area contributed by atoms with Crippen LogP contribution in [0.5, 0.6) is 11.5 Å². The summed E-state index contributed by atoms with van der Waals surface area (Å²) in [5, 5.41) is 17.8. The second-order valence-corrected chi connectivity index (χ2v) is 8.94. The molecule has 4 rings (SSSR count). The van der Waals surface area contributed by atoms with E-state index in [1.165, 1.54) is 25.9 Å². The van der Waals surface area contributed by atoms with Gasteiger partial charge in [0.2, 0.25) is 0 Å². The number of hydrogen-bond donors (Lipinski definition) is 0. The van der Waals surface area contributed by atoms with Crippen LogP contribution in [0.4, 0.5) is 0 Å². The van der Waals surface area contributed by atoms with E-state index in [9.17, 15) is 0 Å². The average Bonchev–Trinajstić information content (AvgIpc) is 3.29. The molecule has 2 saturated heterocycles. The molecule has 2 aliphatic heterocycles. The minimum absolute atomic E-state index is 0.660. The van der Waals surface area contributed by atoms with E-state index in [2.05, 4.69) is 21.9 Å². The van der Waals surface area contributed by atoms with E-state index in [1.807, 2.05) is 24.3 Å². The van der Waals surface area contributed by atoms with Crippen molar-refractivity contribution in [3.63, 3.8) is 0 Å². The second kappa shape index (κ2) is 11.7. The number of likely N-dealkylation sites (tertiary alicyclic amines) is 2. The zero-order valence-corrected chi connectivity index (χ0v) is 19.2. The van der Waals surface area contributed by atoms with Crippen LogP contribution in [0.25, 0.3) is 0 Å². The van der Waals surface area contributed by atoms with Crippen LogP contribution in [0.15, 0.2) is 48.5 Å². The Bertz CT molecular complexity index is 962. The lowest BCUT2D eigenvalue weighted by Crippen LogP contribution is -2.45. The number of fused-ring (bicyclic) bond motifs is 1. The molecule has 2 atom stereocenters. The van der Waals surface area contributed by atoms with E-state index in [-0.39, 0.29) is 0 Å². The first-order valence-corrected chi connectivity index (χ1v) is 12.0. The second-order valence-electron chi connectivity index (χ2n) is 8.94. The van der Waals surface area contributed by atoms with Gasteiger partial charge in [0.05, 0.1) is 36.5 Å². The molecule has 0 saturated carbocycles. The highest BCUT2D eigenvalue weighted by Gasteiger charge is 2.38. The summed E-state index contributed by atoms with van der Waals surface area (Å²) in [6, 6.07) is 19.6. The topological polar surface area (TPSA) is 72.5 Å². The van der Waals surface area contributed by atoms with E-state index in [4.69, 9.17) is 20.0 Å². The fourth-order valence-electron chi connectivity index (χ4n) is 5.01. The summed E-state index contributed by atoms with van der Waals surface area (Å²) >= 11 is 0. The zero-order chi connectivity index (χ0) is 22.9. The third kappa shape index (κ3) is 6.48. The summed E-state index contributed by atoms with van der Waals surface area (Å²) in [4.78, 5) is 5.27. The Morgan fingerprint density at radius 2 is 1.36 bits per heavy atom. The van der Waals surface area contributed by atoms with Crippen LogP contribution in [0.2, 0.25) is 0 Å². The minimum atomic E-state index is 0.660. The first-order chi connectivity index (χ1) is 16.2. The Hall–Kier alpha value is -3.06. The van der Waals surface area contributed by atoms with Gasteiger partial charge in [0.25, 0.3) is 0 Å². The molecule has 33 heavy (non-hydrogen) atoms. The molecular formula is C27H32N4O2. The molecule has 2 aromatic rings. The van der Waals surface area contributed by atoms with Gasteiger partial charge in [-0.05, 0) is 86.7 Å². The molecule has 2 heterocycles. The maximum atomic E-state index is 8.89. The van der Waals surface area contributed by atoms with Gasteiger partial charge >= 0.3 is 0 Å². The SMILES string of the molecule is N#Cc1ccc(OCCCN2CC3CCCN(CCCOc4ccc(C#N)cc4)C3C2)cc1. The van der Waals surface area contributed by atoms with Crippen LogP contribution in [0, 0.1) is 28.6 Å². The molecule has 0 aliphatic carbocycles. The zero-order valence-electron chi connectivity index (χ0n) is 19.2. The van der Waals surface area contributed by atoms with Gasteiger partial charge in [-0.25, -0.2) is 0 Å². The Labute approximate surface area is 196 Å². The summed E-state index contributed by atoms with van der Waals surface area (Å²) in [5.74, 6) is 2.44. The van der Waals surface area contributed by atoms with E-state index in [0.717, 1.165) is 49.9 Å². The monoisotopic (exact) mass is 444 g/mol. The van der Waals surface area contributed by atoms with Crippen LogP contribution in [-0.2, 0) is 0 Å². The van der Waals surface area contributed by atoms with E-state index in [0.29, 0.717) is 30.4 Å². The summed E-state index contributed by atoms with van der Waals surface area (Å²) in [7, 11) is 0. The van der Waals surface area contributed by atoms with Crippen LogP contribution >= 0.6 is 0 Å². The maximum Gasteiger partial charge on any atom is 0.119 e. The number of benzene rings is 2. The predicted octanol–water partition coefficient (Wildman–Crippen LogP) is 4.06. The Balaban J connectivity index is 1.15. The molecule has 2 fully saturated rings. The average molecular weight is 445 g/mol. The lowest BCUT2D eigenvalue weighted by molar-refractivity contribution is 0.115. The molecule has 0 aromatic heterocycles. The highest BCUT2D eigenvalue weighted by molar-refractivity contribution is 5.35. The fourth-order valence-corrected chi connectivity index (χ4v) is 5.01. The molecule has 0 radical (unpaired) electrons. The van der Waals surface area contributed by atoms with Gasteiger partial charge in [-0.3, -0.25) is 4.90 Å². The van der Waals surface area contributed by atoms with Crippen molar-refractivity contribution in [3.05, 3.63) is 59.7 Å². The molecule has 2 aliphatic rings. The molecule has 172 valence electrons. The smallest absolute Gasteiger partial charge is 0.119 e. The lowest BCUT2D eigenvalue weighted by atomic mass is 9.92. The number of hydrogen-bond acceptors (Lipinski definition) is 6. The molecule has 0 amide bonds. The molecule has 6 nitrogen and oxygen atoms in total. The Morgan fingerprint density at radius 3 is 1.94 bits per heavy atom. The Morgan fingerprint density at radius 1 is 0.788 bits per heavy atom. The van der Waals surface area contributed by atoms with Crippen molar-refractivity contribution in [2.75, 3.05) is 45.9 Å². The molecule has 0 bridgehead atoms. The van der Waals surface area contributed by atoms with Gasteiger partial charge in [-0.15, -0.1) is 0 Å². The maximum absolute atomic E-state index is 8.89. The van der Waals surface area contributed by atoms with Crippen molar-refractivity contribution in [1.29, 1.82) is 10.5 Å². The largest absolute Gasteiger partial charge is 0.494 e. The Kier molecular flexibility index (Phi) is 8.19. The van der Waals surface area contributed by atoms with Crippen molar-refractivity contribution in [3.8, 4) is 23.6 Å². The number of ether oxygens (including phenoxy) is 2. The van der Waals surface area contributed by atoms with Crippen LogP contribution < -0.4 is 9.47 Å². The third-order valence-corrected chi connectivity index (χ3v) is 6.68. The summed E-state index contributed by atoms with van der Waals surface area (Å²) in [6.45, 7) is 7.09. The molecule has 2 unspecified atom stereocenters.